The third-order valence-corrected chi connectivity index (χ3v) is 6.62. The highest BCUT2D eigenvalue weighted by atomic mass is 16.2. The van der Waals surface area contributed by atoms with E-state index in [1.54, 1.807) is 12.3 Å². The Labute approximate surface area is 165 Å². The number of H-pyrrole nitrogens is 1. The van der Waals surface area contributed by atoms with E-state index in [0.29, 0.717) is 40.4 Å². The summed E-state index contributed by atoms with van der Waals surface area (Å²) >= 11 is 0. The van der Waals surface area contributed by atoms with Crippen molar-refractivity contribution < 1.29 is 14.1 Å². The van der Waals surface area contributed by atoms with Crippen LogP contribution in [0, 0.1) is 0 Å². The summed E-state index contributed by atoms with van der Waals surface area (Å²) in [7, 11) is 0. The van der Waals surface area contributed by atoms with E-state index in [-0.39, 0.29) is 0 Å². The van der Waals surface area contributed by atoms with Crippen molar-refractivity contribution in [2.75, 3.05) is 26.2 Å². The minimum Gasteiger partial charge on any atom is -0.366 e. The summed E-state index contributed by atoms with van der Waals surface area (Å²) in [5.74, 6) is -0.115. The molecule has 150 valence electrons. The van der Waals surface area contributed by atoms with Crippen LogP contribution in [-0.2, 0) is 11.2 Å². The highest BCUT2D eigenvalue weighted by molar-refractivity contribution is 6.04. The van der Waals surface area contributed by atoms with Crippen molar-refractivity contribution in [2.45, 2.75) is 51.0 Å². The number of nitrogens with two attached hydrogens (primary N) is 1. The second-order valence-electron chi connectivity index (χ2n) is 8.26. The lowest BCUT2D eigenvalue weighted by Gasteiger charge is -2.46. The van der Waals surface area contributed by atoms with Gasteiger partial charge in [0.15, 0.2) is 0 Å². The van der Waals surface area contributed by atoms with Gasteiger partial charge in [0.25, 0.3) is 5.91 Å². The van der Waals surface area contributed by atoms with Crippen LogP contribution in [0.5, 0.6) is 0 Å². The van der Waals surface area contributed by atoms with E-state index >= 15 is 0 Å². The number of amides is 2. The van der Waals surface area contributed by atoms with Gasteiger partial charge in [-0.15, -0.1) is 0 Å². The van der Waals surface area contributed by atoms with Crippen LogP contribution >= 0.6 is 0 Å². The average Bonchev–Trinajstić information content (AvgIpc) is 3.21. The molecule has 0 spiro atoms. The number of rotatable bonds is 5. The highest BCUT2D eigenvalue weighted by Gasteiger charge is 2.44. The number of nitrogens with zero attached hydrogens (tertiary/aromatic N) is 2. The number of likely N-dealkylation sites (tertiary alicyclic amines) is 1. The summed E-state index contributed by atoms with van der Waals surface area (Å²) in [6, 6.07) is 4.26. The Bertz CT molecular complexity index is 863. The van der Waals surface area contributed by atoms with Gasteiger partial charge in [0.2, 0.25) is 0 Å². The molecule has 2 amide bonds. The Morgan fingerprint density at radius 3 is 2.61 bits per heavy atom. The van der Waals surface area contributed by atoms with Crippen molar-refractivity contribution in [2.24, 2.45) is 5.73 Å². The molecule has 4 rings (SSSR count). The summed E-state index contributed by atoms with van der Waals surface area (Å²) in [5.41, 5.74) is 7.61. The zero-order valence-corrected chi connectivity index (χ0v) is 16.4. The quantitative estimate of drug-likeness (QED) is 0.685. The number of hydrogen-bond donors (Lipinski definition) is 3. The van der Waals surface area contributed by atoms with Crippen LogP contribution in [0.4, 0.5) is 0 Å². The predicted molar refractivity (Wildman–Crippen MR) is 108 cm³/mol. The number of nitrogens with one attached hydrogen (secondary N) is 2. The third-order valence-electron chi connectivity index (χ3n) is 6.62. The van der Waals surface area contributed by atoms with Gasteiger partial charge < -0.3 is 11.1 Å². The SMILES string of the molecule is NC(=O)c1cc(CCC(=O)[N+]2(C3CCNCC3)CCCCC2)cc2cn[nH]c12. The summed E-state index contributed by atoms with van der Waals surface area (Å²) < 4.78 is 0.665. The number of hydrogen-bond acceptors (Lipinski definition) is 4. The van der Waals surface area contributed by atoms with Gasteiger partial charge in [0, 0.05) is 31.3 Å². The average molecular weight is 385 g/mol. The molecule has 1 aromatic heterocycles. The van der Waals surface area contributed by atoms with Crippen molar-refractivity contribution in [1.29, 1.82) is 0 Å². The molecule has 2 aromatic rings. The van der Waals surface area contributed by atoms with Crippen LogP contribution < -0.4 is 11.1 Å². The molecule has 0 bridgehead atoms. The number of piperidine rings is 2. The second kappa shape index (κ2) is 8.01. The predicted octanol–water partition coefficient (Wildman–Crippen LogP) is 1.87. The first-order chi connectivity index (χ1) is 13.6. The van der Waals surface area contributed by atoms with Gasteiger partial charge in [0.1, 0.15) is 0 Å². The first-order valence-corrected chi connectivity index (χ1v) is 10.5. The van der Waals surface area contributed by atoms with Crippen molar-refractivity contribution in [3.8, 4) is 0 Å². The number of aromatic amines is 1. The minimum atomic E-state index is -0.475. The van der Waals surface area contributed by atoms with Gasteiger partial charge in [-0.1, -0.05) is 0 Å². The molecule has 2 saturated heterocycles. The summed E-state index contributed by atoms with van der Waals surface area (Å²) in [4.78, 5) is 25.3. The fraction of sp³-hybridized carbons (Fsp3) is 0.571. The summed E-state index contributed by atoms with van der Waals surface area (Å²) in [6.45, 7) is 3.99. The van der Waals surface area contributed by atoms with Crippen LogP contribution in [0.25, 0.3) is 10.9 Å². The normalized spacial score (nSPS) is 20.3. The molecule has 0 saturated carbocycles. The summed E-state index contributed by atoms with van der Waals surface area (Å²) in [5, 5.41) is 11.1. The molecular weight excluding hydrogens is 354 g/mol. The number of aryl methyl sites for hydroxylation is 1. The van der Waals surface area contributed by atoms with Crippen LogP contribution in [0.3, 0.4) is 0 Å². The molecule has 7 heteroatoms. The standard InChI is InChI=1S/C21H29N5O2/c22-21(28)18-13-15(12-16-14-24-25-20(16)18)4-5-19(27)26(10-2-1-3-11-26)17-6-8-23-9-7-17/h12-14,17,23H,1-11H2,(H2-,22,24,25,28)/p+1. The van der Waals surface area contributed by atoms with E-state index in [1.807, 2.05) is 6.07 Å². The number of benzene rings is 1. The van der Waals surface area contributed by atoms with Crippen molar-refractivity contribution in [3.63, 3.8) is 0 Å². The maximum Gasteiger partial charge on any atom is 0.314 e. The van der Waals surface area contributed by atoms with Crippen molar-refractivity contribution in [1.82, 2.24) is 15.5 Å². The molecule has 28 heavy (non-hydrogen) atoms. The lowest BCUT2D eigenvalue weighted by atomic mass is 9.94. The van der Waals surface area contributed by atoms with Gasteiger partial charge in [-0.3, -0.25) is 14.4 Å². The van der Waals surface area contributed by atoms with E-state index in [0.717, 1.165) is 62.8 Å². The number of aromatic nitrogens is 2. The molecule has 1 aromatic carbocycles. The van der Waals surface area contributed by atoms with Gasteiger partial charge in [0.05, 0.1) is 42.8 Å². The fourth-order valence-electron chi connectivity index (χ4n) is 5.13. The zero-order valence-electron chi connectivity index (χ0n) is 16.4. The van der Waals surface area contributed by atoms with E-state index in [9.17, 15) is 9.59 Å². The van der Waals surface area contributed by atoms with E-state index < -0.39 is 5.91 Å². The van der Waals surface area contributed by atoms with E-state index in [2.05, 4.69) is 15.5 Å². The zero-order chi connectivity index (χ0) is 19.6. The molecule has 0 unspecified atom stereocenters. The van der Waals surface area contributed by atoms with Crippen molar-refractivity contribution in [3.05, 3.63) is 29.5 Å². The Morgan fingerprint density at radius 1 is 1.14 bits per heavy atom. The number of fused-ring (bicyclic) bond motifs is 1. The first kappa shape index (κ1) is 19.1. The maximum atomic E-state index is 13.5. The summed E-state index contributed by atoms with van der Waals surface area (Å²) in [6.07, 6.45) is 8.51. The molecule has 2 aliphatic rings. The van der Waals surface area contributed by atoms with Crippen molar-refractivity contribution >= 4 is 22.7 Å². The van der Waals surface area contributed by atoms with Crippen LogP contribution in [0.2, 0.25) is 0 Å². The highest BCUT2D eigenvalue weighted by Crippen LogP contribution is 2.30. The fourth-order valence-corrected chi connectivity index (χ4v) is 5.13. The molecule has 2 aliphatic heterocycles. The second-order valence-corrected chi connectivity index (χ2v) is 8.26. The smallest absolute Gasteiger partial charge is 0.314 e. The molecule has 3 heterocycles. The Morgan fingerprint density at radius 2 is 1.89 bits per heavy atom. The number of primary amides is 1. The molecule has 7 nitrogen and oxygen atoms in total. The molecule has 4 N–H and O–H groups in total. The van der Waals surface area contributed by atoms with E-state index in [4.69, 9.17) is 5.73 Å². The van der Waals surface area contributed by atoms with Gasteiger partial charge in [-0.05, 0) is 43.4 Å². The van der Waals surface area contributed by atoms with Gasteiger partial charge >= 0.3 is 5.91 Å². The van der Waals surface area contributed by atoms with Crippen LogP contribution in [-0.4, -0.2) is 58.7 Å². The Balaban J connectivity index is 1.53. The number of carbonyl (C=O) groups excluding carboxylic acids is 2. The van der Waals surface area contributed by atoms with Gasteiger partial charge in [-0.25, -0.2) is 4.79 Å². The van der Waals surface area contributed by atoms with Crippen LogP contribution in [0.15, 0.2) is 18.3 Å². The van der Waals surface area contributed by atoms with Gasteiger partial charge in [-0.2, -0.15) is 5.10 Å². The monoisotopic (exact) mass is 384 g/mol. The first-order valence-electron chi connectivity index (χ1n) is 10.5. The third kappa shape index (κ3) is 3.56. The molecule has 0 aliphatic carbocycles. The van der Waals surface area contributed by atoms with Crippen LogP contribution in [0.1, 0.15) is 54.4 Å². The molecular formula is C21H30N5O2+. The minimum absolute atomic E-state index is 0.361. The Kier molecular flexibility index (Phi) is 5.46. The topological polar surface area (TPSA) is 101 Å². The largest absolute Gasteiger partial charge is 0.366 e. The molecule has 0 radical (unpaired) electrons. The lowest BCUT2D eigenvalue weighted by Crippen LogP contribution is -2.63. The number of carbonyl (C=O) groups is 2. The number of quaternary nitrogens is 1. The lowest BCUT2D eigenvalue weighted by molar-refractivity contribution is -0.885. The molecule has 0 atom stereocenters. The Hall–Kier alpha value is -2.25. The van der Waals surface area contributed by atoms with E-state index in [1.165, 1.54) is 6.42 Å². The molecule has 2 fully saturated rings. The maximum absolute atomic E-state index is 13.5.